The van der Waals surface area contributed by atoms with Gasteiger partial charge in [-0.1, -0.05) is 6.92 Å². The minimum atomic E-state index is -3.61. The lowest BCUT2D eigenvalue weighted by Crippen LogP contribution is -2.48. The number of carboxylic acid groups (broad SMARTS) is 1. The largest absolute Gasteiger partial charge is 0.480 e. The van der Waals surface area contributed by atoms with E-state index >= 15 is 0 Å². The van der Waals surface area contributed by atoms with Gasteiger partial charge in [-0.25, -0.2) is 8.42 Å². The summed E-state index contributed by atoms with van der Waals surface area (Å²) in [7, 11) is -3.61. The molecule has 0 aliphatic heterocycles. The van der Waals surface area contributed by atoms with Gasteiger partial charge < -0.3 is 10.2 Å². The van der Waals surface area contributed by atoms with Crippen LogP contribution in [-0.4, -0.2) is 42.5 Å². The van der Waals surface area contributed by atoms with E-state index in [9.17, 15) is 13.2 Å². The van der Waals surface area contributed by atoms with Crippen LogP contribution in [0.1, 0.15) is 20.3 Å². The first-order valence-corrected chi connectivity index (χ1v) is 5.86. The maximum Gasteiger partial charge on any atom is 0.324 e. The summed E-state index contributed by atoms with van der Waals surface area (Å²) in [6.07, 6.45) is -0.874. The van der Waals surface area contributed by atoms with Crippen LogP contribution in [0.5, 0.6) is 0 Å². The number of hydrogen-bond acceptors (Lipinski definition) is 4. The normalized spacial score (nSPS) is 16.2. The fourth-order valence-corrected chi connectivity index (χ4v) is 2.22. The molecule has 0 bridgehead atoms. The van der Waals surface area contributed by atoms with Gasteiger partial charge in [-0.3, -0.25) is 4.79 Å². The second-order valence-corrected chi connectivity index (χ2v) is 4.87. The maximum atomic E-state index is 11.2. The maximum absolute atomic E-state index is 11.2. The summed E-state index contributed by atoms with van der Waals surface area (Å²) in [6.45, 7) is 2.88. The number of nitrogens with one attached hydrogen (secondary N) is 1. The smallest absolute Gasteiger partial charge is 0.324 e. The lowest BCUT2D eigenvalue weighted by molar-refractivity contribution is -0.141. The molecular formula is C7H15NO5S. The Labute approximate surface area is 83.0 Å². The van der Waals surface area contributed by atoms with Crippen molar-refractivity contribution in [2.75, 3.05) is 5.75 Å². The van der Waals surface area contributed by atoms with Gasteiger partial charge in [-0.05, 0) is 13.3 Å². The van der Waals surface area contributed by atoms with Crippen molar-refractivity contribution in [1.29, 1.82) is 0 Å². The molecule has 3 N–H and O–H groups in total. The van der Waals surface area contributed by atoms with E-state index in [4.69, 9.17) is 10.2 Å². The molecule has 0 aromatic heterocycles. The summed E-state index contributed by atoms with van der Waals surface area (Å²) in [5.41, 5.74) is 0. The molecule has 6 nitrogen and oxygen atoms in total. The summed E-state index contributed by atoms with van der Waals surface area (Å²) in [6, 6.07) is -1.48. The topological polar surface area (TPSA) is 104 Å². The van der Waals surface area contributed by atoms with Crippen molar-refractivity contribution in [2.45, 2.75) is 32.4 Å². The molecule has 0 aromatic carbocycles. The van der Waals surface area contributed by atoms with E-state index in [2.05, 4.69) is 0 Å². The SMILES string of the molecule is CCCS(=O)(=O)N[C@H](C(=O)O)[C@@H](C)O. The quantitative estimate of drug-likeness (QED) is 0.546. The number of rotatable bonds is 6. The second kappa shape index (κ2) is 5.28. The van der Waals surface area contributed by atoms with Crippen LogP contribution in [0.2, 0.25) is 0 Å². The Morgan fingerprint density at radius 1 is 1.50 bits per heavy atom. The van der Waals surface area contributed by atoms with Crippen LogP contribution in [0, 0.1) is 0 Å². The van der Waals surface area contributed by atoms with Gasteiger partial charge >= 0.3 is 5.97 Å². The molecule has 2 atom stereocenters. The highest BCUT2D eigenvalue weighted by Crippen LogP contribution is 1.98. The van der Waals surface area contributed by atoms with E-state index in [1.54, 1.807) is 6.92 Å². The summed E-state index contributed by atoms with van der Waals surface area (Å²) in [5, 5.41) is 17.6. The molecule has 0 unspecified atom stereocenters. The Balaban J connectivity index is 4.53. The molecule has 0 heterocycles. The van der Waals surface area contributed by atoms with E-state index in [-0.39, 0.29) is 5.75 Å². The van der Waals surface area contributed by atoms with Gasteiger partial charge in [-0.15, -0.1) is 0 Å². The van der Waals surface area contributed by atoms with Crippen LogP contribution in [0.3, 0.4) is 0 Å². The van der Waals surface area contributed by atoms with Gasteiger partial charge in [0.15, 0.2) is 0 Å². The number of hydrogen-bond donors (Lipinski definition) is 3. The summed E-state index contributed by atoms with van der Waals surface area (Å²) < 4.78 is 24.2. The molecule has 0 aliphatic carbocycles. The van der Waals surface area contributed by atoms with E-state index in [1.165, 1.54) is 6.92 Å². The minimum Gasteiger partial charge on any atom is -0.480 e. The predicted molar refractivity (Wildman–Crippen MR) is 50.3 cm³/mol. The second-order valence-electron chi connectivity index (χ2n) is 2.99. The van der Waals surface area contributed by atoms with Crippen LogP contribution < -0.4 is 4.72 Å². The molecule has 0 spiro atoms. The number of aliphatic hydroxyl groups excluding tert-OH is 1. The number of carboxylic acids is 1. The number of aliphatic carboxylic acids is 1. The molecule has 0 amide bonds. The molecule has 0 fully saturated rings. The third-order valence-corrected chi connectivity index (χ3v) is 3.09. The van der Waals surface area contributed by atoms with Crippen molar-refractivity contribution in [3.05, 3.63) is 0 Å². The van der Waals surface area contributed by atoms with Crippen molar-refractivity contribution in [3.8, 4) is 0 Å². The molecule has 0 aliphatic rings. The predicted octanol–water partition coefficient (Wildman–Crippen LogP) is -0.850. The third-order valence-electron chi connectivity index (χ3n) is 1.53. The molecule has 7 heteroatoms. The molecular weight excluding hydrogens is 210 g/mol. The van der Waals surface area contributed by atoms with Crippen LogP contribution >= 0.6 is 0 Å². The Morgan fingerprint density at radius 3 is 2.29 bits per heavy atom. The van der Waals surface area contributed by atoms with Crippen molar-refractivity contribution in [1.82, 2.24) is 4.72 Å². The van der Waals surface area contributed by atoms with Crippen molar-refractivity contribution >= 4 is 16.0 Å². The van der Waals surface area contributed by atoms with Gasteiger partial charge in [0.1, 0.15) is 6.04 Å². The molecule has 0 radical (unpaired) electrons. The van der Waals surface area contributed by atoms with Gasteiger partial charge in [0, 0.05) is 0 Å². The standard InChI is InChI=1S/C7H15NO5S/c1-3-4-14(12,13)8-6(5(2)9)7(10)11/h5-6,8-9H,3-4H2,1-2H3,(H,10,11)/t5-,6+/m1/s1. The molecule has 0 saturated carbocycles. The zero-order valence-corrected chi connectivity index (χ0v) is 8.91. The van der Waals surface area contributed by atoms with Gasteiger partial charge in [-0.2, -0.15) is 4.72 Å². The van der Waals surface area contributed by atoms with E-state index in [0.717, 1.165) is 0 Å². The van der Waals surface area contributed by atoms with Crippen LogP contribution in [0.15, 0.2) is 0 Å². The lowest BCUT2D eigenvalue weighted by atomic mass is 10.2. The van der Waals surface area contributed by atoms with E-state index in [1.807, 2.05) is 4.72 Å². The number of sulfonamides is 1. The van der Waals surface area contributed by atoms with Crippen LogP contribution in [0.25, 0.3) is 0 Å². The third kappa shape index (κ3) is 4.54. The van der Waals surface area contributed by atoms with Crippen molar-refractivity contribution in [2.24, 2.45) is 0 Å². The molecule has 0 rings (SSSR count). The summed E-state index contributed by atoms with van der Waals surface area (Å²) >= 11 is 0. The Bertz CT molecular complexity index is 284. The molecule has 0 saturated heterocycles. The minimum absolute atomic E-state index is 0.149. The first-order chi connectivity index (χ1) is 6.30. The zero-order chi connectivity index (χ0) is 11.4. The fourth-order valence-electron chi connectivity index (χ4n) is 0.876. The van der Waals surface area contributed by atoms with Crippen LogP contribution in [-0.2, 0) is 14.8 Å². The Kier molecular flexibility index (Phi) is 5.03. The van der Waals surface area contributed by atoms with Crippen molar-refractivity contribution < 1.29 is 23.4 Å². The van der Waals surface area contributed by atoms with Crippen LogP contribution in [0.4, 0.5) is 0 Å². The molecule has 14 heavy (non-hydrogen) atoms. The summed E-state index contributed by atoms with van der Waals surface area (Å²) in [4.78, 5) is 10.5. The highest BCUT2D eigenvalue weighted by Gasteiger charge is 2.27. The van der Waals surface area contributed by atoms with Gasteiger partial charge in [0.25, 0.3) is 0 Å². The highest BCUT2D eigenvalue weighted by atomic mass is 32.2. The number of carbonyl (C=O) groups is 1. The molecule has 0 aromatic rings. The summed E-state index contributed by atoms with van der Waals surface area (Å²) in [5.74, 6) is -1.54. The molecule has 84 valence electrons. The monoisotopic (exact) mass is 225 g/mol. The Hall–Kier alpha value is -0.660. The first kappa shape index (κ1) is 13.3. The van der Waals surface area contributed by atoms with Crippen molar-refractivity contribution in [3.63, 3.8) is 0 Å². The van der Waals surface area contributed by atoms with E-state index < -0.39 is 28.1 Å². The van der Waals surface area contributed by atoms with Gasteiger partial charge in [0.05, 0.1) is 11.9 Å². The fraction of sp³-hybridized carbons (Fsp3) is 0.857. The van der Waals surface area contributed by atoms with Gasteiger partial charge in [0.2, 0.25) is 10.0 Å². The average molecular weight is 225 g/mol. The zero-order valence-electron chi connectivity index (χ0n) is 8.10. The highest BCUT2D eigenvalue weighted by molar-refractivity contribution is 7.89. The first-order valence-electron chi connectivity index (χ1n) is 4.21. The van der Waals surface area contributed by atoms with E-state index in [0.29, 0.717) is 6.42 Å². The number of aliphatic hydroxyl groups is 1. The average Bonchev–Trinajstić information content (AvgIpc) is 1.99. The lowest BCUT2D eigenvalue weighted by Gasteiger charge is -2.16. The Morgan fingerprint density at radius 2 is 2.00 bits per heavy atom.